The molecule has 0 spiro atoms. The summed E-state index contributed by atoms with van der Waals surface area (Å²) in [7, 11) is 0. The van der Waals surface area contributed by atoms with E-state index < -0.39 is 5.54 Å². The number of thiocarbonyl (C=S) groups is 1. The van der Waals surface area contributed by atoms with Gasteiger partial charge in [-0.3, -0.25) is 4.79 Å². The molecule has 17 heavy (non-hydrogen) atoms. The number of benzene rings is 1. The Hall–Kier alpha value is -0.210. The van der Waals surface area contributed by atoms with Gasteiger partial charge in [-0.25, -0.2) is 0 Å². The van der Waals surface area contributed by atoms with Gasteiger partial charge in [0, 0.05) is 8.04 Å². The van der Waals surface area contributed by atoms with Crippen LogP contribution in [-0.4, -0.2) is 16.4 Å². The Morgan fingerprint density at radius 2 is 2.12 bits per heavy atom. The van der Waals surface area contributed by atoms with Crippen molar-refractivity contribution in [1.29, 1.82) is 0 Å². The lowest BCUT2D eigenvalue weighted by Gasteiger charge is -2.25. The van der Waals surface area contributed by atoms with Gasteiger partial charge in [0.25, 0.3) is 5.91 Å². The standard InChI is InChI=1S/C11H12BrIN2OS/c1-11(2,10(14)17)15-9(16)7-5-6(13)3-4-8(7)12/h3-5H,1-2H3,(H2,14,17)(H,15,16). The molecular formula is C11H12BrIN2OS. The van der Waals surface area contributed by atoms with Crippen molar-refractivity contribution < 1.29 is 4.79 Å². The van der Waals surface area contributed by atoms with Gasteiger partial charge in [0.15, 0.2) is 0 Å². The number of hydrogen-bond acceptors (Lipinski definition) is 2. The molecule has 0 aromatic heterocycles. The summed E-state index contributed by atoms with van der Waals surface area (Å²) in [5, 5.41) is 2.80. The summed E-state index contributed by atoms with van der Waals surface area (Å²) >= 11 is 10.4. The molecule has 1 aromatic carbocycles. The number of amides is 1. The molecule has 92 valence electrons. The van der Waals surface area contributed by atoms with Crippen LogP contribution in [0.25, 0.3) is 0 Å². The first-order valence-corrected chi connectivity index (χ1v) is 7.09. The Morgan fingerprint density at radius 1 is 1.53 bits per heavy atom. The van der Waals surface area contributed by atoms with Gasteiger partial charge in [-0.05, 0) is 70.6 Å². The van der Waals surface area contributed by atoms with Crippen molar-refractivity contribution in [3.8, 4) is 0 Å². The quantitative estimate of drug-likeness (QED) is 0.577. The van der Waals surface area contributed by atoms with Crippen LogP contribution < -0.4 is 11.1 Å². The fourth-order valence-corrected chi connectivity index (χ4v) is 2.05. The van der Waals surface area contributed by atoms with Gasteiger partial charge in [0.1, 0.15) is 0 Å². The molecule has 0 atom stereocenters. The van der Waals surface area contributed by atoms with E-state index in [0.717, 1.165) is 8.04 Å². The van der Waals surface area contributed by atoms with Crippen molar-refractivity contribution >= 4 is 61.6 Å². The Kier molecular flexibility index (Phi) is 4.91. The van der Waals surface area contributed by atoms with E-state index in [1.54, 1.807) is 19.9 Å². The minimum Gasteiger partial charge on any atom is -0.391 e. The number of carbonyl (C=O) groups is 1. The fraction of sp³-hybridized carbons (Fsp3) is 0.273. The second-order valence-electron chi connectivity index (χ2n) is 4.07. The molecule has 1 amide bonds. The second kappa shape index (κ2) is 5.62. The van der Waals surface area contributed by atoms with Crippen LogP contribution in [0.2, 0.25) is 0 Å². The summed E-state index contributed by atoms with van der Waals surface area (Å²) in [5.41, 5.74) is 5.44. The third-order valence-corrected chi connectivity index (χ3v) is 4.09. The summed E-state index contributed by atoms with van der Waals surface area (Å²) in [4.78, 5) is 12.3. The number of hydrogen-bond donors (Lipinski definition) is 2. The normalized spacial score (nSPS) is 11.1. The highest BCUT2D eigenvalue weighted by molar-refractivity contribution is 14.1. The van der Waals surface area contributed by atoms with Crippen molar-refractivity contribution in [2.24, 2.45) is 5.73 Å². The Labute approximate surface area is 128 Å². The molecule has 0 saturated heterocycles. The molecule has 0 bridgehead atoms. The van der Waals surface area contributed by atoms with E-state index in [4.69, 9.17) is 18.0 Å². The van der Waals surface area contributed by atoms with Crippen LogP contribution >= 0.6 is 50.7 Å². The smallest absolute Gasteiger partial charge is 0.253 e. The average Bonchev–Trinajstić information content (AvgIpc) is 2.20. The lowest BCUT2D eigenvalue weighted by atomic mass is 10.1. The molecule has 6 heteroatoms. The van der Waals surface area contributed by atoms with Gasteiger partial charge in [0.05, 0.1) is 16.1 Å². The van der Waals surface area contributed by atoms with Crippen LogP contribution in [0, 0.1) is 3.57 Å². The molecule has 0 aliphatic heterocycles. The van der Waals surface area contributed by atoms with E-state index in [0.29, 0.717) is 5.56 Å². The van der Waals surface area contributed by atoms with Crippen molar-refractivity contribution in [3.05, 3.63) is 31.8 Å². The SMILES string of the molecule is CC(C)(NC(=O)c1cc(I)ccc1Br)C(N)=S. The second-order valence-corrected chi connectivity index (χ2v) is 6.61. The molecule has 0 aliphatic rings. The minimum absolute atomic E-state index is 0.201. The van der Waals surface area contributed by atoms with Gasteiger partial charge in [-0.1, -0.05) is 12.2 Å². The van der Waals surface area contributed by atoms with Gasteiger partial charge in [-0.2, -0.15) is 0 Å². The minimum atomic E-state index is -0.701. The molecule has 0 heterocycles. The third kappa shape index (κ3) is 3.89. The molecule has 0 aliphatic carbocycles. The van der Waals surface area contributed by atoms with Crippen molar-refractivity contribution in [2.75, 3.05) is 0 Å². The molecular weight excluding hydrogens is 415 g/mol. The largest absolute Gasteiger partial charge is 0.391 e. The molecule has 1 aromatic rings. The summed E-state index contributed by atoms with van der Waals surface area (Å²) in [6.45, 7) is 3.55. The molecule has 3 N–H and O–H groups in total. The average molecular weight is 427 g/mol. The summed E-state index contributed by atoms with van der Waals surface area (Å²) in [6.07, 6.45) is 0. The monoisotopic (exact) mass is 426 g/mol. The Balaban J connectivity index is 2.98. The summed E-state index contributed by atoms with van der Waals surface area (Å²) < 4.78 is 1.73. The summed E-state index contributed by atoms with van der Waals surface area (Å²) in [6, 6.07) is 5.56. The maximum atomic E-state index is 12.1. The zero-order valence-corrected chi connectivity index (χ0v) is 13.9. The highest BCUT2D eigenvalue weighted by Gasteiger charge is 2.25. The van der Waals surface area contributed by atoms with E-state index in [1.165, 1.54) is 0 Å². The molecule has 0 unspecified atom stereocenters. The topological polar surface area (TPSA) is 55.1 Å². The summed E-state index contributed by atoms with van der Waals surface area (Å²) in [5.74, 6) is -0.201. The van der Waals surface area contributed by atoms with Gasteiger partial charge < -0.3 is 11.1 Å². The van der Waals surface area contributed by atoms with Crippen molar-refractivity contribution in [2.45, 2.75) is 19.4 Å². The van der Waals surface area contributed by atoms with Crippen molar-refractivity contribution in [1.82, 2.24) is 5.32 Å². The molecule has 0 fully saturated rings. The van der Waals surface area contributed by atoms with Crippen LogP contribution in [-0.2, 0) is 0 Å². The van der Waals surface area contributed by atoms with E-state index in [1.807, 2.05) is 12.1 Å². The Morgan fingerprint density at radius 3 is 2.65 bits per heavy atom. The number of nitrogens with one attached hydrogen (secondary N) is 1. The zero-order chi connectivity index (χ0) is 13.2. The molecule has 3 nitrogen and oxygen atoms in total. The molecule has 1 rings (SSSR count). The highest BCUT2D eigenvalue weighted by Crippen LogP contribution is 2.20. The van der Waals surface area contributed by atoms with E-state index in [2.05, 4.69) is 43.8 Å². The lowest BCUT2D eigenvalue weighted by molar-refractivity contribution is 0.0931. The number of rotatable bonds is 3. The first kappa shape index (κ1) is 14.8. The van der Waals surface area contributed by atoms with E-state index >= 15 is 0 Å². The molecule has 0 saturated carbocycles. The predicted octanol–water partition coefficient (Wildman–Crippen LogP) is 2.85. The van der Waals surface area contributed by atoms with Crippen molar-refractivity contribution in [3.63, 3.8) is 0 Å². The van der Waals surface area contributed by atoms with Gasteiger partial charge >= 0.3 is 0 Å². The maximum absolute atomic E-state index is 12.1. The van der Waals surface area contributed by atoms with Crippen LogP contribution in [0.1, 0.15) is 24.2 Å². The molecule has 0 radical (unpaired) electrons. The van der Waals surface area contributed by atoms with Crippen LogP contribution in [0.5, 0.6) is 0 Å². The van der Waals surface area contributed by atoms with Crippen LogP contribution in [0.3, 0.4) is 0 Å². The fourth-order valence-electron chi connectivity index (χ4n) is 1.08. The number of carbonyl (C=O) groups excluding carboxylic acids is 1. The zero-order valence-electron chi connectivity index (χ0n) is 9.38. The Bertz CT molecular complexity index is 477. The van der Waals surface area contributed by atoms with Crippen LogP contribution in [0.4, 0.5) is 0 Å². The third-order valence-electron chi connectivity index (χ3n) is 2.22. The first-order valence-electron chi connectivity index (χ1n) is 4.81. The van der Waals surface area contributed by atoms with E-state index in [9.17, 15) is 4.79 Å². The van der Waals surface area contributed by atoms with Gasteiger partial charge in [-0.15, -0.1) is 0 Å². The van der Waals surface area contributed by atoms with Gasteiger partial charge in [0.2, 0.25) is 0 Å². The number of halogens is 2. The number of nitrogens with two attached hydrogens (primary N) is 1. The predicted molar refractivity (Wildman–Crippen MR) is 85.2 cm³/mol. The maximum Gasteiger partial charge on any atom is 0.253 e. The van der Waals surface area contributed by atoms with Crippen LogP contribution in [0.15, 0.2) is 22.7 Å². The van der Waals surface area contributed by atoms with E-state index in [-0.39, 0.29) is 10.9 Å². The lowest BCUT2D eigenvalue weighted by Crippen LogP contribution is -2.52. The highest BCUT2D eigenvalue weighted by atomic mass is 127. The first-order chi connectivity index (χ1) is 7.74.